The Hall–Kier alpha value is -0.810. The van der Waals surface area contributed by atoms with Gasteiger partial charge in [-0.15, -0.1) is 0 Å². The summed E-state index contributed by atoms with van der Waals surface area (Å²) in [5.41, 5.74) is -1.09. The summed E-state index contributed by atoms with van der Waals surface area (Å²) in [5, 5.41) is 3.52. The van der Waals surface area contributed by atoms with Crippen molar-refractivity contribution in [2.75, 3.05) is 13.2 Å². The highest BCUT2D eigenvalue weighted by atomic mass is 16.6. The molecule has 1 heterocycles. The quantitative estimate of drug-likeness (QED) is 0.865. The Labute approximate surface area is 122 Å². The molecule has 5 heteroatoms. The molecule has 1 N–H and O–H groups in total. The maximum absolute atomic E-state index is 12.4. The van der Waals surface area contributed by atoms with Gasteiger partial charge in [0.25, 0.3) is 0 Å². The van der Waals surface area contributed by atoms with Crippen LogP contribution in [0.3, 0.4) is 0 Å². The lowest BCUT2D eigenvalue weighted by Gasteiger charge is -2.36. The predicted molar refractivity (Wildman–Crippen MR) is 77.5 cm³/mol. The lowest BCUT2D eigenvalue weighted by Crippen LogP contribution is -2.53. The van der Waals surface area contributed by atoms with E-state index in [2.05, 4.69) is 5.32 Å². The topological polar surface area (TPSA) is 50.8 Å². The summed E-state index contributed by atoms with van der Waals surface area (Å²) in [6.45, 7) is 10.8. The second-order valence-corrected chi connectivity index (χ2v) is 7.30. The Kier molecular flexibility index (Phi) is 4.30. The predicted octanol–water partition coefficient (Wildman–Crippen LogP) is 2.50. The minimum absolute atomic E-state index is 0.0421. The standard InChI is InChI=1S/C15H28N2O3/c1-14(2,3)20-13(18)17-12(10-19-15(17,4)5)9-16-11-7-6-8-11/h11-12,16H,6-10H2,1-5H3/t12-/m1/s1. The van der Waals surface area contributed by atoms with Gasteiger partial charge in [-0.1, -0.05) is 6.42 Å². The van der Waals surface area contributed by atoms with Crippen LogP contribution in [0.2, 0.25) is 0 Å². The van der Waals surface area contributed by atoms with Gasteiger partial charge in [0.2, 0.25) is 0 Å². The zero-order valence-corrected chi connectivity index (χ0v) is 13.4. The van der Waals surface area contributed by atoms with Crippen LogP contribution in [0.4, 0.5) is 4.79 Å². The Balaban J connectivity index is 1.97. The summed E-state index contributed by atoms with van der Waals surface area (Å²) in [7, 11) is 0. The molecule has 1 atom stereocenters. The van der Waals surface area contributed by atoms with Gasteiger partial charge in [0.05, 0.1) is 12.6 Å². The van der Waals surface area contributed by atoms with Gasteiger partial charge in [0.15, 0.2) is 0 Å². The van der Waals surface area contributed by atoms with E-state index in [1.165, 1.54) is 19.3 Å². The number of rotatable bonds is 3. The number of nitrogens with one attached hydrogen (secondary N) is 1. The average Bonchev–Trinajstić information content (AvgIpc) is 2.49. The lowest BCUT2D eigenvalue weighted by atomic mass is 9.93. The molecule has 1 aliphatic heterocycles. The summed E-state index contributed by atoms with van der Waals surface area (Å²) >= 11 is 0. The molecule has 116 valence electrons. The molecule has 5 nitrogen and oxygen atoms in total. The third kappa shape index (κ3) is 3.64. The fourth-order valence-corrected chi connectivity index (χ4v) is 2.63. The third-order valence-electron chi connectivity index (χ3n) is 3.91. The van der Waals surface area contributed by atoms with E-state index in [0.717, 1.165) is 6.54 Å². The van der Waals surface area contributed by atoms with Crippen molar-refractivity contribution in [2.45, 2.75) is 77.3 Å². The molecule has 1 amide bonds. The monoisotopic (exact) mass is 284 g/mol. The Morgan fingerprint density at radius 2 is 2.05 bits per heavy atom. The normalized spacial score (nSPS) is 26.4. The van der Waals surface area contributed by atoms with Gasteiger partial charge in [-0.25, -0.2) is 4.79 Å². The highest BCUT2D eigenvalue weighted by molar-refractivity contribution is 5.69. The molecule has 20 heavy (non-hydrogen) atoms. The molecular formula is C15H28N2O3. The van der Waals surface area contributed by atoms with Crippen molar-refractivity contribution in [2.24, 2.45) is 0 Å². The molecule has 0 aromatic carbocycles. The average molecular weight is 284 g/mol. The van der Waals surface area contributed by atoms with Crippen LogP contribution < -0.4 is 5.32 Å². The van der Waals surface area contributed by atoms with Crippen LogP contribution >= 0.6 is 0 Å². The van der Waals surface area contributed by atoms with E-state index in [-0.39, 0.29) is 12.1 Å². The van der Waals surface area contributed by atoms with Gasteiger partial charge in [0.1, 0.15) is 11.3 Å². The van der Waals surface area contributed by atoms with E-state index in [9.17, 15) is 4.79 Å². The van der Waals surface area contributed by atoms with Crippen LogP contribution in [0.15, 0.2) is 0 Å². The minimum atomic E-state index is -0.603. The number of hydrogen-bond donors (Lipinski definition) is 1. The molecule has 0 aromatic heterocycles. The zero-order valence-electron chi connectivity index (χ0n) is 13.4. The third-order valence-corrected chi connectivity index (χ3v) is 3.91. The van der Waals surface area contributed by atoms with E-state index >= 15 is 0 Å². The molecule has 0 aromatic rings. The van der Waals surface area contributed by atoms with Gasteiger partial charge in [-0.05, 0) is 47.5 Å². The first-order valence-electron chi connectivity index (χ1n) is 7.59. The maximum Gasteiger partial charge on any atom is 0.412 e. The van der Waals surface area contributed by atoms with Crippen molar-refractivity contribution in [1.82, 2.24) is 10.2 Å². The van der Waals surface area contributed by atoms with Crippen LogP contribution in [-0.4, -0.2) is 47.6 Å². The molecule has 0 spiro atoms. The first-order chi connectivity index (χ1) is 9.19. The smallest absolute Gasteiger partial charge is 0.412 e. The molecule has 0 unspecified atom stereocenters. The Morgan fingerprint density at radius 3 is 2.55 bits per heavy atom. The van der Waals surface area contributed by atoms with Crippen LogP contribution in [0.1, 0.15) is 53.9 Å². The maximum atomic E-state index is 12.4. The SMILES string of the molecule is CC(C)(C)OC(=O)N1[C@H](CNC2CCC2)COC1(C)C. The highest BCUT2D eigenvalue weighted by Crippen LogP contribution is 2.29. The van der Waals surface area contributed by atoms with Crippen LogP contribution in [0.25, 0.3) is 0 Å². The highest BCUT2D eigenvalue weighted by Gasteiger charge is 2.45. The number of carbonyl (C=O) groups is 1. The van der Waals surface area contributed by atoms with Crippen molar-refractivity contribution < 1.29 is 14.3 Å². The van der Waals surface area contributed by atoms with Crippen molar-refractivity contribution in [1.29, 1.82) is 0 Å². The van der Waals surface area contributed by atoms with Crippen molar-refractivity contribution in [3.05, 3.63) is 0 Å². The van der Waals surface area contributed by atoms with E-state index in [0.29, 0.717) is 12.6 Å². The van der Waals surface area contributed by atoms with E-state index in [1.54, 1.807) is 4.90 Å². The summed E-state index contributed by atoms with van der Waals surface area (Å²) in [4.78, 5) is 14.2. The van der Waals surface area contributed by atoms with E-state index in [1.807, 2.05) is 34.6 Å². The number of hydrogen-bond acceptors (Lipinski definition) is 4. The molecule has 1 saturated heterocycles. The summed E-state index contributed by atoms with van der Waals surface area (Å²) in [6.07, 6.45) is 3.49. The summed E-state index contributed by atoms with van der Waals surface area (Å²) < 4.78 is 11.3. The number of amides is 1. The van der Waals surface area contributed by atoms with Gasteiger partial charge in [0, 0.05) is 12.6 Å². The molecule has 1 aliphatic carbocycles. The van der Waals surface area contributed by atoms with Gasteiger partial charge >= 0.3 is 6.09 Å². The van der Waals surface area contributed by atoms with Gasteiger partial charge in [-0.3, -0.25) is 4.90 Å². The largest absolute Gasteiger partial charge is 0.444 e. The Morgan fingerprint density at radius 1 is 1.40 bits per heavy atom. The molecule has 1 saturated carbocycles. The lowest BCUT2D eigenvalue weighted by molar-refractivity contribution is -0.0624. The molecule has 2 fully saturated rings. The van der Waals surface area contributed by atoms with Crippen LogP contribution in [-0.2, 0) is 9.47 Å². The van der Waals surface area contributed by atoms with Crippen molar-refractivity contribution in [3.8, 4) is 0 Å². The van der Waals surface area contributed by atoms with E-state index < -0.39 is 11.3 Å². The Bertz CT molecular complexity index is 359. The molecule has 2 aliphatic rings. The van der Waals surface area contributed by atoms with Gasteiger partial charge in [-0.2, -0.15) is 0 Å². The van der Waals surface area contributed by atoms with Crippen molar-refractivity contribution >= 4 is 6.09 Å². The molecule has 0 radical (unpaired) electrons. The second kappa shape index (κ2) is 5.53. The first kappa shape index (κ1) is 15.6. The first-order valence-corrected chi connectivity index (χ1v) is 7.59. The fraction of sp³-hybridized carbons (Fsp3) is 0.933. The molecule has 0 bridgehead atoms. The molecular weight excluding hydrogens is 256 g/mol. The van der Waals surface area contributed by atoms with Gasteiger partial charge < -0.3 is 14.8 Å². The zero-order chi connectivity index (χ0) is 15.0. The summed E-state index contributed by atoms with van der Waals surface area (Å²) in [5.74, 6) is 0. The number of nitrogens with zero attached hydrogens (tertiary/aromatic N) is 1. The second-order valence-electron chi connectivity index (χ2n) is 7.30. The summed E-state index contributed by atoms with van der Waals surface area (Å²) in [6, 6.07) is 0.652. The van der Waals surface area contributed by atoms with Crippen LogP contribution in [0, 0.1) is 0 Å². The fourth-order valence-electron chi connectivity index (χ4n) is 2.63. The minimum Gasteiger partial charge on any atom is -0.444 e. The number of carbonyl (C=O) groups excluding carboxylic acids is 1. The van der Waals surface area contributed by atoms with Crippen molar-refractivity contribution in [3.63, 3.8) is 0 Å². The van der Waals surface area contributed by atoms with Crippen LogP contribution in [0.5, 0.6) is 0 Å². The number of ether oxygens (including phenoxy) is 2. The molecule has 2 rings (SSSR count). The van der Waals surface area contributed by atoms with E-state index in [4.69, 9.17) is 9.47 Å².